The normalized spacial score (nSPS) is 22.0. The van der Waals surface area contributed by atoms with Gasteiger partial charge in [-0.2, -0.15) is 13.2 Å². The predicted molar refractivity (Wildman–Crippen MR) is 122 cm³/mol. The molecular weight excluding hydrogens is 485 g/mol. The molecule has 10 heteroatoms. The molecule has 180 valence electrons. The number of alkyl halides is 3. The van der Waals surface area contributed by atoms with E-state index in [1.165, 1.54) is 24.3 Å². The van der Waals surface area contributed by atoms with E-state index in [-0.39, 0.29) is 0 Å². The van der Waals surface area contributed by atoms with E-state index in [0.29, 0.717) is 27.7 Å². The van der Waals surface area contributed by atoms with E-state index in [1.54, 1.807) is 48.5 Å². The number of carbonyl (C=O) groups excluding carboxylic acids is 2. The fraction of sp³-hybridized carbons (Fsp3) is 0.200. The van der Waals surface area contributed by atoms with Crippen molar-refractivity contribution in [1.82, 2.24) is 0 Å². The lowest BCUT2D eigenvalue weighted by Crippen LogP contribution is -2.37. The van der Waals surface area contributed by atoms with Crippen LogP contribution in [0.3, 0.4) is 0 Å². The van der Waals surface area contributed by atoms with Gasteiger partial charge in [0.05, 0.1) is 30.1 Å². The minimum absolute atomic E-state index is 0.350. The zero-order valence-electron chi connectivity index (χ0n) is 18.2. The Morgan fingerprint density at radius 2 is 1.46 bits per heavy atom. The van der Waals surface area contributed by atoms with Gasteiger partial charge in [-0.25, -0.2) is 9.96 Å². The summed E-state index contributed by atoms with van der Waals surface area (Å²) in [6.07, 6.45) is -5.65. The number of amides is 2. The smallest absolute Gasteiger partial charge is 0.416 e. The van der Waals surface area contributed by atoms with E-state index in [0.717, 1.165) is 17.0 Å². The first-order valence-corrected chi connectivity index (χ1v) is 11.0. The standard InChI is InChI=1S/C25H18ClF3N2O4/c1-34-19-12-10-17(11-13-19)30-23(32)20-21(14-2-4-15(5-3-14)25(27,28)29)31(35-22(20)24(30)33)18-8-6-16(26)7-9-18/h2-13,20-22H,1H3/t20-,21-,22+/m0/s1. The van der Waals surface area contributed by atoms with E-state index in [4.69, 9.17) is 21.2 Å². The van der Waals surface area contributed by atoms with E-state index >= 15 is 0 Å². The lowest BCUT2D eigenvalue weighted by atomic mass is 9.90. The number of ether oxygens (including phenoxy) is 1. The molecule has 35 heavy (non-hydrogen) atoms. The average Bonchev–Trinajstić information content (AvgIpc) is 3.35. The summed E-state index contributed by atoms with van der Waals surface area (Å²) < 4.78 is 44.5. The number of benzene rings is 3. The van der Waals surface area contributed by atoms with Gasteiger partial charge in [-0.3, -0.25) is 14.4 Å². The van der Waals surface area contributed by atoms with Crippen molar-refractivity contribution >= 4 is 34.8 Å². The molecule has 2 aliphatic heterocycles. The van der Waals surface area contributed by atoms with Crippen molar-refractivity contribution in [1.29, 1.82) is 0 Å². The Bertz CT molecular complexity index is 1260. The van der Waals surface area contributed by atoms with E-state index in [2.05, 4.69) is 0 Å². The second kappa shape index (κ2) is 8.58. The van der Waals surface area contributed by atoms with Crippen LogP contribution in [0.5, 0.6) is 5.75 Å². The molecule has 3 atom stereocenters. The second-order valence-corrected chi connectivity index (χ2v) is 8.56. The first kappa shape index (κ1) is 23.2. The molecule has 6 nitrogen and oxygen atoms in total. The summed E-state index contributed by atoms with van der Waals surface area (Å²) in [5, 5.41) is 1.87. The zero-order valence-corrected chi connectivity index (χ0v) is 19.0. The molecule has 5 rings (SSSR count). The number of hydrogen-bond donors (Lipinski definition) is 0. The number of carbonyl (C=O) groups is 2. The van der Waals surface area contributed by atoms with Crippen LogP contribution in [-0.2, 0) is 20.6 Å². The molecule has 0 radical (unpaired) electrons. The van der Waals surface area contributed by atoms with Gasteiger partial charge in [-0.1, -0.05) is 23.7 Å². The van der Waals surface area contributed by atoms with E-state index in [9.17, 15) is 22.8 Å². The highest BCUT2D eigenvalue weighted by Gasteiger charge is 2.60. The van der Waals surface area contributed by atoms with Crippen LogP contribution in [-0.4, -0.2) is 25.0 Å². The number of hydroxylamine groups is 1. The fourth-order valence-corrected chi connectivity index (χ4v) is 4.55. The van der Waals surface area contributed by atoms with Gasteiger partial charge in [0.25, 0.3) is 5.91 Å². The summed E-state index contributed by atoms with van der Waals surface area (Å²) in [5.74, 6) is -1.48. The molecule has 0 N–H and O–H groups in total. The van der Waals surface area contributed by atoms with Crippen molar-refractivity contribution in [3.05, 3.63) is 88.9 Å². The van der Waals surface area contributed by atoms with Crippen molar-refractivity contribution in [2.45, 2.75) is 18.3 Å². The molecule has 2 heterocycles. The minimum Gasteiger partial charge on any atom is -0.497 e. The topological polar surface area (TPSA) is 59.1 Å². The third-order valence-electron chi connectivity index (χ3n) is 6.11. The summed E-state index contributed by atoms with van der Waals surface area (Å²) in [6, 6.07) is 16.6. The molecule has 0 aromatic heterocycles. The predicted octanol–water partition coefficient (Wildman–Crippen LogP) is 5.42. The van der Waals surface area contributed by atoms with Crippen molar-refractivity contribution in [2.24, 2.45) is 5.92 Å². The average molecular weight is 503 g/mol. The summed E-state index contributed by atoms with van der Waals surface area (Å²) in [5.41, 5.74) is 0.440. The van der Waals surface area contributed by atoms with Crippen LogP contribution in [0.15, 0.2) is 72.8 Å². The van der Waals surface area contributed by atoms with E-state index < -0.39 is 41.6 Å². The van der Waals surface area contributed by atoms with Gasteiger partial charge >= 0.3 is 6.18 Å². The van der Waals surface area contributed by atoms with Crippen molar-refractivity contribution < 1.29 is 32.3 Å². The van der Waals surface area contributed by atoms with Gasteiger partial charge in [0.2, 0.25) is 5.91 Å². The molecule has 3 aromatic carbocycles. The molecule has 0 spiro atoms. The Morgan fingerprint density at radius 3 is 2.03 bits per heavy atom. The fourth-order valence-electron chi connectivity index (χ4n) is 4.42. The van der Waals surface area contributed by atoms with E-state index in [1.807, 2.05) is 0 Å². The molecule has 0 bridgehead atoms. The van der Waals surface area contributed by atoms with Gasteiger partial charge in [-0.05, 0) is 66.2 Å². The third kappa shape index (κ3) is 4.00. The first-order chi connectivity index (χ1) is 16.7. The maximum atomic E-state index is 13.6. The molecule has 2 saturated heterocycles. The summed E-state index contributed by atoms with van der Waals surface area (Å²) >= 11 is 5.99. The number of nitrogens with zero attached hydrogens (tertiary/aromatic N) is 2. The number of anilines is 2. The highest BCUT2D eigenvalue weighted by molar-refractivity contribution is 6.30. The Balaban J connectivity index is 1.55. The monoisotopic (exact) mass is 502 g/mol. The zero-order chi connectivity index (χ0) is 24.9. The van der Waals surface area contributed by atoms with Crippen LogP contribution in [0.2, 0.25) is 5.02 Å². The lowest BCUT2D eigenvalue weighted by molar-refractivity contribution is -0.137. The van der Waals surface area contributed by atoms with Crippen molar-refractivity contribution in [3.8, 4) is 5.75 Å². The maximum Gasteiger partial charge on any atom is 0.416 e. The minimum atomic E-state index is -4.51. The van der Waals surface area contributed by atoms with Gasteiger partial charge < -0.3 is 4.74 Å². The Kier molecular flexibility index (Phi) is 5.69. The Labute approximate surface area is 203 Å². The van der Waals surface area contributed by atoms with Crippen LogP contribution in [0.25, 0.3) is 0 Å². The molecular formula is C25H18ClF3N2O4. The van der Waals surface area contributed by atoms with Gasteiger partial charge in [-0.15, -0.1) is 0 Å². The van der Waals surface area contributed by atoms with Gasteiger partial charge in [0.1, 0.15) is 11.7 Å². The molecule has 0 unspecified atom stereocenters. The van der Waals surface area contributed by atoms with Crippen molar-refractivity contribution in [3.63, 3.8) is 0 Å². The van der Waals surface area contributed by atoms with Gasteiger partial charge in [0, 0.05) is 5.02 Å². The number of rotatable bonds is 4. The highest BCUT2D eigenvalue weighted by Crippen LogP contribution is 2.48. The van der Waals surface area contributed by atoms with Crippen LogP contribution >= 0.6 is 11.6 Å². The molecule has 0 saturated carbocycles. The van der Waals surface area contributed by atoms with Crippen LogP contribution in [0.1, 0.15) is 17.2 Å². The van der Waals surface area contributed by atoms with Gasteiger partial charge in [0.15, 0.2) is 6.10 Å². The van der Waals surface area contributed by atoms with Crippen LogP contribution < -0.4 is 14.7 Å². The van der Waals surface area contributed by atoms with Crippen LogP contribution in [0.4, 0.5) is 24.5 Å². The SMILES string of the molecule is COc1ccc(N2C(=O)[C@@H]3[C@@H](ON(c4ccc(Cl)cc4)[C@H]3c3ccc(C(F)(F)F)cc3)C2=O)cc1. The molecule has 2 amide bonds. The van der Waals surface area contributed by atoms with Crippen LogP contribution in [0, 0.1) is 5.92 Å². The Hall–Kier alpha value is -3.56. The highest BCUT2D eigenvalue weighted by atomic mass is 35.5. The second-order valence-electron chi connectivity index (χ2n) is 8.13. The third-order valence-corrected chi connectivity index (χ3v) is 6.36. The summed E-state index contributed by atoms with van der Waals surface area (Å²) in [6.45, 7) is 0. The number of imide groups is 1. The largest absolute Gasteiger partial charge is 0.497 e. The lowest BCUT2D eigenvalue weighted by Gasteiger charge is -2.29. The Morgan fingerprint density at radius 1 is 0.857 bits per heavy atom. The molecule has 3 aromatic rings. The number of hydrogen-bond acceptors (Lipinski definition) is 5. The van der Waals surface area contributed by atoms with Crippen molar-refractivity contribution in [2.75, 3.05) is 17.1 Å². The molecule has 2 aliphatic rings. The molecule has 0 aliphatic carbocycles. The summed E-state index contributed by atoms with van der Waals surface area (Å²) in [4.78, 5) is 33.9. The molecule has 2 fully saturated rings. The number of halogens is 4. The quantitative estimate of drug-likeness (QED) is 0.446. The maximum absolute atomic E-state index is 13.6. The first-order valence-electron chi connectivity index (χ1n) is 10.6. The summed E-state index contributed by atoms with van der Waals surface area (Å²) in [7, 11) is 1.50. The number of methoxy groups -OCH3 is 1. The number of fused-ring (bicyclic) bond motifs is 1.